The maximum atomic E-state index is 13.1. The van der Waals surface area contributed by atoms with Crippen molar-refractivity contribution >= 4 is 35.8 Å². The summed E-state index contributed by atoms with van der Waals surface area (Å²) in [5, 5.41) is 8.11. The molecule has 0 spiro atoms. The summed E-state index contributed by atoms with van der Waals surface area (Å²) >= 11 is 1.56. The van der Waals surface area contributed by atoms with Crippen molar-refractivity contribution in [2.75, 3.05) is 12.0 Å². The fourth-order valence-electron chi connectivity index (χ4n) is 3.09. The highest BCUT2D eigenvalue weighted by Crippen LogP contribution is 2.14. The zero-order chi connectivity index (χ0) is 24.7. The molecule has 0 aromatic carbocycles. The number of thioether (sulfide) groups is 1. The average Bonchev–Trinajstić information content (AvgIpc) is 2.73. The van der Waals surface area contributed by atoms with Gasteiger partial charge in [-0.1, -0.05) is 59.1 Å². The summed E-state index contributed by atoms with van der Waals surface area (Å²) < 4.78 is 0. The molecule has 8 heteroatoms. The van der Waals surface area contributed by atoms with Crippen molar-refractivity contribution in [3.05, 3.63) is 37.0 Å². The third kappa shape index (κ3) is 11.3. The first-order valence-electron chi connectivity index (χ1n) is 10.9. The number of hydrogen-bond donors (Lipinski definition) is 3. The monoisotopic (exact) mass is 465 g/mol. The van der Waals surface area contributed by atoms with Gasteiger partial charge in [0.05, 0.1) is 6.04 Å². The minimum absolute atomic E-state index is 0.106. The minimum atomic E-state index is -0.828. The Morgan fingerprint density at radius 1 is 0.969 bits per heavy atom. The largest absolute Gasteiger partial charge is 0.347 e. The molecule has 0 heterocycles. The van der Waals surface area contributed by atoms with E-state index in [2.05, 4.69) is 29.1 Å². The molecule has 0 aliphatic rings. The van der Waals surface area contributed by atoms with Gasteiger partial charge in [0.15, 0.2) is 5.78 Å². The first-order valence-corrected chi connectivity index (χ1v) is 12.3. The SMILES string of the molecule is C=C/C=C(\C=C)CC(NC(=O)C(CC(C)C)NC(=O)C(CCSC)NC=O)C(=O)C(C)C. The smallest absolute Gasteiger partial charge is 0.243 e. The van der Waals surface area contributed by atoms with Crippen LogP contribution in [0.4, 0.5) is 0 Å². The third-order valence-corrected chi connectivity index (χ3v) is 5.44. The van der Waals surface area contributed by atoms with Gasteiger partial charge in [-0.05, 0) is 42.8 Å². The second kappa shape index (κ2) is 16.3. The second-order valence-electron chi connectivity index (χ2n) is 8.31. The first-order chi connectivity index (χ1) is 15.1. The number of nitrogens with one attached hydrogen (secondary N) is 3. The summed E-state index contributed by atoms with van der Waals surface area (Å²) in [4.78, 5) is 49.6. The number of ketones is 1. The van der Waals surface area contributed by atoms with Gasteiger partial charge in [-0.15, -0.1) is 0 Å². The van der Waals surface area contributed by atoms with Gasteiger partial charge in [-0.2, -0.15) is 11.8 Å². The van der Waals surface area contributed by atoms with Crippen LogP contribution in [-0.4, -0.2) is 54.1 Å². The normalized spacial score (nSPS) is 14.3. The Morgan fingerprint density at radius 3 is 2.03 bits per heavy atom. The summed E-state index contributed by atoms with van der Waals surface area (Å²) in [5.41, 5.74) is 0.774. The summed E-state index contributed by atoms with van der Waals surface area (Å²) in [5.74, 6) is -0.422. The second-order valence-corrected chi connectivity index (χ2v) is 9.30. The molecule has 3 atom stereocenters. The van der Waals surface area contributed by atoms with Crippen molar-refractivity contribution in [2.45, 2.75) is 65.1 Å². The van der Waals surface area contributed by atoms with E-state index < -0.39 is 29.9 Å². The molecule has 0 aliphatic carbocycles. The van der Waals surface area contributed by atoms with E-state index in [1.165, 1.54) is 0 Å². The number of carbonyl (C=O) groups excluding carboxylic acids is 4. The fraction of sp³-hybridized carbons (Fsp3) is 0.583. The third-order valence-electron chi connectivity index (χ3n) is 4.80. The maximum absolute atomic E-state index is 13.1. The summed E-state index contributed by atoms with van der Waals surface area (Å²) in [7, 11) is 0. The number of Topliss-reactive ketones (excluding diaryl/α,β-unsaturated/α-hetero) is 1. The molecule has 32 heavy (non-hydrogen) atoms. The van der Waals surface area contributed by atoms with Gasteiger partial charge >= 0.3 is 0 Å². The van der Waals surface area contributed by atoms with Crippen LogP contribution in [0.2, 0.25) is 0 Å². The van der Waals surface area contributed by atoms with E-state index in [1.54, 1.807) is 43.8 Å². The molecular formula is C24H39N3O4S. The molecule has 3 amide bonds. The zero-order valence-electron chi connectivity index (χ0n) is 20.0. The number of hydrogen-bond acceptors (Lipinski definition) is 5. The Bertz CT molecular complexity index is 689. The van der Waals surface area contributed by atoms with Gasteiger partial charge in [-0.3, -0.25) is 19.2 Å². The van der Waals surface area contributed by atoms with Crippen LogP contribution >= 0.6 is 11.8 Å². The molecule has 0 fully saturated rings. The molecule has 7 nitrogen and oxygen atoms in total. The number of allylic oxidation sites excluding steroid dienone is 3. The van der Waals surface area contributed by atoms with Gasteiger partial charge in [0.1, 0.15) is 12.1 Å². The van der Waals surface area contributed by atoms with E-state index in [1.807, 2.05) is 20.1 Å². The lowest BCUT2D eigenvalue weighted by atomic mass is 9.94. The van der Waals surface area contributed by atoms with Crippen LogP contribution in [-0.2, 0) is 19.2 Å². The van der Waals surface area contributed by atoms with Gasteiger partial charge in [0.25, 0.3) is 0 Å². The van der Waals surface area contributed by atoms with Crippen LogP contribution in [0, 0.1) is 11.8 Å². The van der Waals surface area contributed by atoms with Crippen molar-refractivity contribution in [1.82, 2.24) is 16.0 Å². The van der Waals surface area contributed by atoms with Gasteiger partial charge in [0.2, 0.25) is 18.2 Å². The minimum Gasteiger partial charge on any atom is -0.347 e. The topological polar surface area (TPSA) is 104 Å². The highest BCUT2D eigenvalue weighted by atomic mass is 32.2. The lowest BCUT2D eigenvalue weighted by molar-refractivity contribution is -0.133. The Labute approximate surface area is 196 Å². The van der Waals surface area contributed by atoms with Crippen molar-refractivity contribution in [3.63, 3.8) is 0 Å². The van der Waals surface area contributed by atoms with Crippen molar-refractivity contribution in [1.29, 1.82) is 0 Å². The maximum Gasteiger partial charge on any atom is 0.243 e. The van der Waals surface area contributed by atoms with E-state index in [0.29, 0.717) is 25.0 Å². The molecule has 0 radical (unpaired) electrons. The molecule has 3 unspecified atom stereocenters. The average molecular weight is 466 g/mol. The van der Waals surface area contributed by atoms with E-state index >= 15 is 0 Å². The standard InChI is InChI=1S/C24H39N3O4S/c1-8-10-18(9-2)14-20(22(29)17(5)6)26-24(31)21(13-16(3)4)27-23(30)19(25-15-28)11-12-32-7/h8-10,15-17,19-21H,1-2,11-14H2,3-7H3,(H,25,28)(H,26,31)(H,27,30)/b18-10+. The molecule has 0 saturated heterocycles. The van der Waals surface area contributed by atoms with Crippen molar-refractivity contribution < 1.29 is 19.2 Å². The quantitative estimate of drug-likeness (QED) is 0.226. The first kappa shape index (κ1) is 29.7. The van der Waals surface area contributed by atoms with E-state index in [9.17, 15) is 19.2 Å². The van der Waals surface area contributed by atoms with Crippen molar-refractivity contribution in [3.8, 4) is 0 Å². The fourth-order valence-corrected chi connectivity index (χ4v) is 3.56. The highest BCUT2D eigenvalue weighted by molar-refractivity contribution is 7.98. The highest BCUT2D eigenvalue weighted by Gasteiger charge is 2.30. The van der Waals surface area contributed by atoms with E-state index in [-0.39, 0.29) is 24.0 Å². The van der Waals surface area contributed by atoms with Crippen LogP contribution in [0.5, 0.6) is 0 Å². The molecule has 0 aromatic rings. The lowest BCUT2D eigenvalue weighted by Gasteiger charge is -2.26. The summed E-state index contributed by atoms with van der Waals surface area (Å²) in [6.45, 7) is 14.9. The zero-order valence-corrected chi connectivity index (χ0v) is 20.8. The van der Waals surface area contributed by atoms with Gasteiger partial charge in [-0.25, -0.2) is 0 Å². The molecule has 0 saturated carbocycles. The molecule has 3 N–H and O–H groups in total. The van der Waals surface area contributed by atoms with Crippen LogP contribution in [0.15, 0.2) is 37.0 Å². The van der Waals surface area contributed by atoms with Crippen LogP contribution in [0.25, 0.3) is 0 Å². The van der Waals surface area contributed by atoms with Gasteiger partial charge in [0, 0.05) is 5.92 Å². The molecule has 0 aliphatic heterocycles. The Hall–Kier alpha value is -2.35. The number of amides is 3. The molecule has 0 bridgehead atoms. The van der Waals surface area contributed by atoms with E-state index in [0.717, 1.165) is 5.57 Å². The van der Waals surface area contributed by atoms with Crippen LogP contribution < -0.4 is 16.0 Å². The number of carbonyl (C=O) groups is 4. The Morgan fingerprint density at radius 2 is 1.56 bits per heavy atom. The van der Waals surface area contributed by atoms with Crippen LogP contribution in [0.1, 0.15) is 47.0 Å². The number of rotatable bonds is 17. The lowest BCUT2D eigenvalue weighted by Crippen LogP contribution is -2.55. The van der Waals surface area contributed by atoms with Gasteiger partial charge < -0.3 is 16.0 Å². The summed E-state index contributed by atoms with van der Waals surface area (Å²) in [6.07, 6.45) is 8.50. The van der Waals surface area contributed by atoms with Crippen molar-refractivity contribution in [2.24, 2.45) is 11.8 Å². The van der Waals surface area contributed by atoms with E-state index in [4.69, 9.17) is 0 Å². The molecule has 0 aromatic heterocycles. The predicted octanol–water partition coefficient (Wildman–Crippen LogP) is 2.78. The summed E-state index contributed by atoms with van der Waals surface area (Å²) in [6, 6.07) is -2.30. The molecular weight excluding hydrogens is 426 g/mol. The molecule has 180 valence electrons. The molecule has 0 rings (SSSR count). The Balaban J connectivity index is 5.63. The Kier molecular flexibility index (Phi) is 15.1. The predicted molar refractivity (Wildman–Crippen MR) is 132 cm³/mol. The van der Waals surface area contributed by atoms with Crippen LogP contribution in [0.3, 0.4) is 0 Å².